The second-order valence-corrected chi connectivity index (χ2v) is 7.52. The molecule has 142 valence electrons. The average Bonchev–Trinajstić information content (AvgIpc) is 2.67. The first-order chi connectivity index (χ1) is 13.0. The van der Waals surface area contributed by atoms with E-state index in [-0.39, 0.29) is 18.2 Å². The predicted octanol–water partition coefficient (Wildman–Crippen LogP) is 3.52. The lowest BCUT2D eigenvalue weighted by molar-refractivity contribution is -0.122. The third-order valence-electron chi connectivity index (χ3n) is 4.88. The second-order valence-electron chi connectivity index (χ2n) is 7.08. The van der Waals surface area contributed by atoms with Gasteiger partial charge in [0.05, 0.1) is 6.61 Å². The fourth-order valence-corrected chi connectivity index (χ4v) is 3.72. The highest BCUT2D eigenvalue weighted by atomic mass is 35.5. The number of piperidine rings is 1. The highest BCUT2D eigenvalue weighted by Crippen LogP contribution is 2.35. The molecule has 2 aromatic rings. The molecular formula is C21H23ClN2O3. The van der Waals surface area contributed by atoms with Crippen LogP contribution < -0.4 is 10.5 Å². The molecule has 1 aliphatic heterocycles. The van der Waals surface area contributed by atoms with Crippen LogP contribution in [0.2, 0.25) is 5.02 Å². The smallest absolute Gasteiger partial charge is 0.253 e. The first kappa shape index (κ1) is 19.2. The maximum atomic E-state index is 12.9. The lowest BCUT2D eigenvalue weighted by atomic mass is 9.77. The largest absolute Gasteiger partial charge is 0.493 e. The topological polar surface area (TPSA) is 72.6 Å². The van der Waals surface area contributed by atoms with Gasteiger partial charge in [0.15, 0.2) is 0 Å². The van der Waals surface area contributed by atoms with Crippen LogP contribution in [0.25, 0.3) is 0 Å². The van der Waals surface area contributed by atoms with Crippen LogP contribution >= 0.6 is 11.6 Å². The van der Waals surface area contributed by atoms with Gasteiger partial charge in [0.1, 0.15) is 5.75 Å². The van der Waals surface area contributed by atoms with Crippen molar-refractivity contribution in [3.05, 3.63) is 65.2 Å². The lowest BCUT2D eigenvalue weighted by Crippen LogP contribution is -2.50. The second kappa shape index (κ2) is 8.44. The molecule has 27 heavy (non-hydrogen) atoms. The van der Waals surface area contributed by atoms with Gasteiger partial charge in [-0.25, -0.2) is 0 Å². The number of benzene rings is 2. The molecular weight excluding hydrogens is 364 g/mol. The number of carbonyl (C=O) groups is 2. The molecule has 2 N–H and O–H groups in total. The van der Waals surface area contributed by atoms with Crippen molar-refractivity contribution in [2.24, 2.45) is 11.1 Å². The number of likely N-dealkylation sites (tertiary alicyclic amines) is 1. The summed E-state index contributed by atoms with van der Waals surface area (Å²) in [4.78, 5) is 26.4. The Morgan fingerprint density at radius 1 is 1.11 bits per heavy atom. The van der Waals surface area contributed by atoms with Crippen molar-refractivity contribution in [1.82, 2.24) is 4.90 Å². The molecule has 0 radical (unpaired) electrons. The van der Waals surface area contributed by atoms with Gasteiger partial charge in [-0.2, -0.15) is 0 Å². The Balaban J connectivity index is 1.75. The first-order valence-electron chi connectivity index (χ1n) is 8.98. The third kappa shape index (κ3) is 5.01. The number of ether oxygens (including phenoxy) is 1. The van der Waals surface area contributed by atoms with Crippen molar-refractivity contribution in [2.45, 2.75) is 19.3 Å². The highest BCUT2D eigenvalue weighted by Gasteiger charge is 2.39. The summed E-state index contributed by atoms with van der Waals surface area (Å²) in [6, 6.07) is 16.3. The predicted molar refractivity (Wildman–Crippen MR) is 105 cm³/mol. The fourth-order valence-electron chi connectivity index (χ4n) is 3.59. The third-order valence-corrected chi connectivity index (χ3v) is 5.13. The zero-order chi connectivity index (χ0) is 19.3. The maximum absolute atomic E-state index is 12.9. The van der Waals surface area contributed by atoms with E-state index in [4.69, 9.17) is 22.1 Å². The molecule has 0 saturated carbocycles. The summed E-state index contributed by atoms with van der Waals surface area (Å²) in [5.74, 6) is 0.287. The molecule has 1 saturated heterocycles. The summed E-state index contributed by atoms with van der Waals surface area (Å²) in [7, 11) is 0. The minimum atomic E-state index is -0.484. The number of primary amides is 1. The Morgan fingerprint density at radius 2 is 1.81 bits per heavy atom. The molecule has 1 atom stereocenters. The molecule has 0 spiro atoms. The summed E-state index contributed by atoms with van der Waals surface area (Å²) >= 11 is 5.91. The molecule has 3 rings (SSSR count). The minimum Gasteiger partial charge on any atom is -0.493 e. The Bertz CT molecular complexity index is 795. The first-order valence-corrected chi connectivity index (χ1v) is 9.36. The van der Waals surface area contributed by atoms with Crippen LogP contribution in [0.3, 0.4) is 0 Å². The van der Waals surface area contributed by atoms with Gasteiger partial charge < -0.3 is 15.4 Å². The van der Waals surface area contributed by atoms with Gasteiger partial charge >= 0.3 is 0 Å². The van der Waals surface area contributed by atoms with Gasteiger partial charge in [0.25, 0.3) is 5.91 Å². The Kier molecular flexibility index (Phi) is 6.01. The number of hydrogen-bond acceptors (Lipinski definition) is 3. The van der Waals surface area contributed by atoms with Gasteiger partial charge in [-0.15, -0.1) is 0 Å². The molecule has 1 fully saturated rings. The van der Waals surface area contributed by atoms with Crippen LogP contribution in [0.5, 0.6) is 5.75 Å². The number of hydrogen-bond donors (Lipinski definition) is 1. The van der Waals surface area contributed by atoms with Gasteiger partial charge in [-0.3, -0.25) is 9.59 Å². The zero-order valence-corrected chi connectivity index (χ0v) is 15.8. The van der Waals surface area contributed by atoms with Crippen LogP contribution in [0.15, 0.2) is 54.6 Å². The van der Waals surface area contributed by atoms with Crippen LogP contribution in [-0.2, 0) is 4.79 Å². The standard InChI is InChI=1S/C21H23ClN2O3/c22-17-9-7-16(8-10-17)20(26)24-12-4-11-21(14-24,13-19(23)25)15-27-18-5-2-1-3-6-18/h1-3,5-10H,4,11-15H2,(H2,23,25)/t21-/m1/s1. The molecule has 1 aliphatic rings. The quantitative estimate of drug-likeness (QED) is 0.825. The molecule has 0 aromatic heterocycles. The number of halogens is 1. The van der Waals surface area contributed by atoms with Crippen LogP contribution in [-0.4, -0.2) is 36.4 Å². The van der Waals surface area contributed by atoms with Gasteiger partial charge in [0.2, 0.25) is 5.91 Å². The molecule has 0 bridgehead atoms. The molecule has 2 aromatic carbocycles. The molecule has 1 heterocycles. The SMILES string of the molecule is NC(=O)C[C@]1(COc2ccccc2)CCCN(C(=O)c2ccc(Cl)cc2)C1. The highest BCUT2D eigenvalue weighted by molar-refractivity contribution is 6.30. The normalized spacial score (nSPS) is 19.5. The molecule has 5 nitrogen and oxygen atoms in total. The molecule has 2 amide bonds. The van der Waals surface area contributed by atoms with Crippen LogP contribution in [0.1, 0.15) is 29.6 Å². The van der Waals surface area contributed by atoms with E-state index < -0.39 is 5.41 Å². The average molecular weight is 387 g/mol. The zero-order valence-electron chi connectivity index (χ0n) is 15.1. The summed E-state index contributed by atoms with van der Waals surface area (Å²) in [5, 5.41) is 0.588. The van der Waals surface area contributed by atoms with Crippen molar-refractivity contribution >= 4 is 23.4 Å². The molecule has 0 unspecified atom stereocenters. The van der Waals surface area contributed by atoms with Crippen molar-refractivity contribution in [3.8, 4) is 5.75 Å². The Morgan fingerprint density at radius 3 is 2.48 bits per heavy atom. The number of para-hydroxylation sites is 1. The summed E-state index contributed by atoms with van der Waals surface area (Å²) in [5.41, 5.74) is 5.61. The summed E-state index contributed by atoms with van der Waals surface area (Å²) < 4.78 is 5.94. The van der Waals surface area contributed by atoms with E-state index >= 15 is 0 Å². The Labute approximate surface area is 164 Å². The van der Waals surface area contributed by atoms with Crippen molar-refractivity contribution in [3.63, 3.8) is 0 Å². The van der Waals surface area contributed by atoms with Gasteiger partial charge in [-0.05, 0) is 49.2 Å². The van der Waals surface area contributed by atoms with E-state index in [9.17, 15) is 9.59 Å². The van der Waals surface area contributed by atoms with E-state index in [1.54, 1.807) is 29.2 Å². The van der Waals surface area contributed by atoms with Gasteiger partial charge in [-0.1, -0.05) is 29.8 Å². The monoisotopic (exact) mass is 386 g/mol. The fraction of sp³-hybridized carbons (Fsp3) is 0.333. The molecule has 0 aliphatic carbocycles. The summed E-state index contributed by atoms with van der Waals surface area (Å²) in [6.07, 6.45) is 1.77. The minimum absolute atomic E-state index is 0.0695. The number of amides is 2. The number of nitrogens with zero attached hydrogens (tertiary/aromatic N) is 1. The van der Waals surface area contributed by atoms with E-state index in [1.807, 2.05) is 30.3 Å². The lowest BCUT2D eigenvalue weighted by Gasteiger charge is -2.42. The van der Waals surface area contributed by atoms with Crippen LogP contribution in [0, 0.1) is 5.41 Å². The van der Waals surface area contributed by atoms with E-state index in [0.717, 1.165) is 18.6 Å². The van der Waals surface area contributed by atoms with E-state index in [2.05, 4.69) is 0 Å². The maximum Gasteiger partial charge on any atom is 0.253 e. The summed E-state index contributed by atoms with van der Waals surface area (Å²) in [6.45, 7) is 1.42. The van der Waals surface area contributed by atoms with Crippen molar-refractivity contribution < 1.29 is 14.3 Å². The van der Waals surface area contributed by atoms with Crippen molar-refractivity contribution in [1.29, 1.82) is 0 Å². The number of rotatable bonds is 6. The van der Waals surface area contributed by atoms with Gasteiger partial charge in [0, 0.05) is 35.5 Å². The van der Waals surface area contributed by atoms with E-state index in [1.165, 1.54) is 0 Å². The Hall–Kier alpha value is -2.53. The van der Waals surface area contributed by atoms with Crippen molar-refractivity contribution in [2.75, 3.05) is 19.7 Å². The number of nitrogens with two attached hydrogens (primary N) is 1. The van der Waals surface area contributed by atoms with E-state index in [0.29, 0.717) is 30.3 Å². The molecule has 6 heteroatoms. The number of carbonyl (C=O) groups excluding carboxylic acids is 2. The van der Waals surface area contributed by atoms with Crippen LogP contribution in [0.4, 0.5) is 0 Å².